The van der Waals surface area contributed by atoms with Crippen molar-refractivity contribution in [3.05, 3.63) is 69.5 Å². The first-order valence-corrected chi connectivity index (χ1v) is 11.7. The lowest BCUT2D eigenvalue weighted by molar-refractivity contribution is -0.137. The van der Waals surface area contributed by atoms with Crippen molar-refractivity contribution in [2.75, 3.05) is 0 Å². The van der Waals surface area contributed by atoms with Gasteiger partial charge in [-0.25, -0.2) is 0 Å². The number of hydrogen-bond donors (Lipinski definition) is 2. The third-order valence-electron chi connectivity index (χ3n) is 6.82. The molecule has 3 nitrogen and oxygen atoms in total. The fraction of sp³-hybridized carbons (Fsp3) is 0.519. The highest BCUT2D eigenvalue weighted by atomic mass is 19.4. The Morgan fingerprint density at radius 3 is 2.52 bits per heavy atom. The molecule has 178 valence electrons. The molecule has 2 unspecified atom stereocenters. The molecule has 0 saturated heterocycles. The summed E-state index contributed by atoms with van der Waals surface area (Å²) in [6, 6.07) is 4.88. The number of aliphatic hydroxyl groups excluding tert-OH is 2. The first kappa shape index (κ1) is 24.0. The van der Waals surface area contributed by atoms with Crippen LogP contribution in [0.4, 0.5) is 13.2 Å². The number of nitrogens with zero attached hydrogens (tertiary/aromatic N) is 1. The van der Waals surface area contributed by atoms with E-state index in [4.69, 9.17) is 4.98 Å². The SMILES string of the molecule is CC(C)c1nc2c(c(C3=CCCC3)c1C(O)c1cccc(C(F)(F)F)c1)C(O)CC(C)(C)C2. The highest BCUT2D eigenvalue weighted by molar-refractivity contribution is 5.75. The Labute approximate surface area is 193 Å². The molecule has 0 amide bonds. The number of halogens is 3. The second-order valence-corrected chi connectivity index (χ2v) is 10.5. The largest absolute Gasteiger partial charge is 0.416 e. The van der Waals surface area contributed by atoms with Gasteiger partial charge in [0, 0.05) is 22.5 Å². The van der Waals surface area contributed by atoms with Gasteiger partial charge in [0.1, 0.15) is 6.10 Å². The molecule has 2 aliphatic rings. The first-order valence-electron chi connectivity index (χ1n) is 11.7. The van der Waals surface area contributed by atoms with E-state index in [1.54, 1.807) is 0 Å². The highest BCUT2D eigenvalue weighted by Crippen LogP contribution is 2.48. The molecule has 0 saturated carbocycles. The van der Waals surface area contributed by atoms with E-state index in [0.717, 1.165) is 53.8 Å². The maximum absolute atomic E-state index is 13.4. The molecule has 4 rings (SSSR count). The minimum absolute atomic E-state index is 0.0475. The maximum atomic E-state index is 13.4. The highest BCUT2D eigenvalue weighted by Gasteiger charge is 2.38. The molecule has 33 heavy (non-hydrogen) atoms. The van der Waals surface area contributed by atoms with Crippen molar-refractivity contribution in [3.8, 4) is 0 Å². The summed E-state index contributed by atoms with van der Waals surface area (Å²) >= 11 is 0. The normalized spacial score (nSPS) is 21.2. The van der Waals surface area contributed by atoms with E-state index in [2.05, 4.69) is 19.9 Å². The second-order valence-electron chi connectivity index (χ2n) is 10.5. The van der Waals surface area contributed by atoms with Crippen LogP contribution >= 0.6 is 0 Å². The van der Waals surface area contributed by atoms with Crippen molar-refractivity contribution in [2.24, 2.45) is 5.41 Å². The van der Waals surface area contributed by atoms with Crippen LogP contribution in [-0.2, 0) is 12.6 Å². The van der Waals surface area contributed by atoms with Gasteiger partial charge in [0.25, 0.3) is 0 Å². The summed E-state index contributed by atoms with van der Waals surface area (Å²) in [5.74, 6) is -0.0475. The Bertz CT molecular complexity index is 1090. The number of pyridine rings is 1. The zero-order valence-corrected chi connectivity index (χ0v) is 19.6. The molecule has 6 heteroatoms. The van der Waals surface area contributed by atoms with Gasteiger partial charge < -0.3 is 10.2 Å². The van der Waals surface area contributed by atoms with E-state index < -0.39 is 23.9 Å². The van der Waals surface area contributed by atoms with E-state index in [-0.39, 0.29) is 16.9 Å². The van der Waals surface area contributed by atoms with Crippen molar-refractivity contribution in [2.45, 2.75) is 84.1 Å². The number of fused-ring (bicyclic) bond motifs is 1. The number of allylic oxidation sites excluding steroid dienone is 2. The summed E-state index contributed by atoms with van der Waals surface area (Å²) in [4.78, 5) is 4.94. The summed E-state index contributed by atoms with van der Waals surface area (Å²) in [6.45, 7) is 8.17. The average Bonchev–Trinajstić information content (AvgIpc) is 3.25. The summed E-state index contributed by atoms with van der Waals surface area (Å²) in [7, 11) is 0. The smallest absolute Gasteiger partial charge is 0.388 e. The molecule has 0 spiro atoms. The lowest BCUT2D eigenvalue weighted by atomic mass is 9.71. The predicted octanol–water partition coefficient (Wildman–Crippen LogP) is 6.88. The molecule has 0 aliphatic heterocycles. The number of hydrogen-bond acceptors (Lipinski definition) is 3. The monoisotopic (exact) mass is 459 g/mol. The summed E-state index contributed by atoms with van der Waals surface area (Å²) in [5, 5.41) is 22.7. The minimum Gasteiger partial charge on any atom is -0.388 e. The quantitative estimate of drug-likeness (QED) is 0.524. The standard InChI is InChI=1S/C27H32F3NO2/c1-15(2)24-23(25(33)17-10-7-11-18(12-17)27(28,29)30)21(16-8-5-6-9-16)22-19(31-24)13-26(3,4)14-20(22)32/h7-8,10-12,15,20,25,32-33H,5-6,9,13-14H2,1-4H3. The van der Waals surface area contributed by atoms with Crippen LogP contribution in [0, 0.1) is 5.41 Å². The molecule has 1 aromatic carbocycles. The Hall–Kier alpha value is -2.18. The van der Waals surface area contributed by atoms with Crippen molar-refractivity contribution in [1.82, 2.24) is 4.98 Å². The van der Waals surface area contributed by atoms with Gasteiger partial charge >= 0.3 is 6.18 Å². The van der Waals surface area contributed by atoms with Crippen LogP contribution in [-0.4, -0.2) is 15.2 Å². The van der Waals surface area contributed by atoms with Crippen molar-refractivity contribution < 1.29 is 23.4 Å². The van der Waals surface area contributed by atoms with Crippen molar-refractivity contribution in [3.63, 3.8) is 0 Å². The molecule has 0 fully saturated rings. The summed E-state index contributed by atoms with van der Waals surface area (Å²) < 4.78 is 40.1. The van der Waals surface area contributed by atoms with E-state index in [1.807, 2.05) is 13.8 Å². The van der Waals surface area contributed by atoms with Gasteiger partial charge in [0.2, 0.25) is 0 Å². The Morgan fingerprint density at radius 1 is 1.18 bits per heavy atom. The maximum Gasteiger partial charge on any atom is 0.416 e. The van der Waals surface area contributed by atoms with Crippen LogP contribution in [0.3, 0.4) is 0 Å². The average molecular weight is 460 g/mol. The molecule has 2 N–H and O–H groups in total. The van der Waals surface area contributed by atoms with E-state index in [0.29, 0.717) is 24.1 Å². The van der Waals surface area contributed by atoms with Gasteiger partial charge in [0.05, 0.1) is 11.7 Å². The number of benzene rings is 1. The molecular formula is C27H32F3NO2. The number of aromatic nitrogens is 1. The fourth-order valence-electron chi connectivity index (χ4n) is 5.34. The molecule has 2 atom stereocenters. The molecule has 2 aromatic rings. The molecule has 1 aromatic heterocycles. The van der Waals surface area contributed by atoms with E-state index in [1.165, 1.54) is 12.1 Å². The van der Waals surface area contributed by atoms with Crippen LogP contribution in [0.1, 0.15) is 111 Å². The number of aliphatic hydroxyl groups is 2. The van der Waals surface area contributed by atoms with Gasteiger partial charge in [0.15, 0.2) is 0 Å². The third kappa shape index (κ3) is 4.60. The lowest BCUT2D eigenvalue weighted by Gasteiger charge is -2.37. The van der Waals surface area contributed by atoms with Gasteiger partial charge in [-0.15, -0.1) is 0 Å². The van der Waals surface area contributed by atoms with Gasteiger partial charge in [-0.05, 0) is 72.3 Å². The van der Waals surface area contributed by atoms with Crippen LogP contribution in [0.25, 0.3) is 5.57 Å². The third-order valence-corrected chi connectivity index (χ3v) is 6.82. The first-order chi connectivity index (χ1) is 15.4. The van der Waals surface area contributed by atoms with Crippen LogP contribution in [0.5, 0.6) is 0 Å². The number of rotatable bonds is 4. The second kappa shape index (κ2) is 8.55. The Balaban J connectivity index is 1.99. The van der Waals surface area contributed by atoms with Crippen molar-refractivity contribution >= 4 is 5.57 Å². The Kier molecular flexibility index (Phi) is 6.21. The van der Waals surface area contributed by atoms with Gasteiger partial charge in [-0.1, -0.05) is 45.9 Å². The predicted molar refractivity (Wildman–Crippen MR) is 123 cm³/mol. The van der Waals surface area contributed by atoms with Crippen molar-refractivity contribution in [1.29, 1.82) is 0 Å². The minimum atomic E-state index is -4.50. The van der Waals surface area contributed by atoms with Crippen LogP contribution in [0.15, 0.2) is 30.3 Å². The van der Waals surface area contributed by atoms with Crippen LogP contribution in [0.2, 0.25) is 0 Å². The van der Waals surface area contributed by atoms with Gasteiger partial charge in [-0.3, -0.25) is 4.98 Å². The fourth-order valence-corrected chi connectivity index (χ4v) is 5.34. The van der Waals surface area contributed by atoms with E-state index in [9.17, 15) is 23.4 Å². The zero-order valence-electron chi connectivity index (χ0n) is 19.6. The van der Waals surface area contributed by atoms with E-state index >= 15 is 0 Å². The van der Waals surface area contributed by atoms with Crippen LogP contribution < -0.4 is 0 Å². The topological polar surface area (TPSA) is 53.4 Å². The molecule has 0 radical (unpaired) electrons. The van der Waals surface area contributed by atoms with Gasteiger partial charge in [-0.2, -0.15) is 13.2 Å². The summed E-state index contributed by atoms with van der Waals surface area (Å²) in [6.07, 6.45) is -0.400. The number of alkyl halides is 3. The molecule has 1 heterocycles. The molecular weight excluding hydrogens is 427 g/mol. The molecule has 2 aliphatic carbocycles. The Morgan fingerprint density at radius 2 is 1.91 bits per heavy atom. The zero-order chi connectivity index (χ0) is 24.1. The lowest BCUT2D eigenvalue weighted by Crippen LogP contribution is -2.29. The summed E-state index contributed by atoms with van der Waals surface area (Å²) in [5.41, 5.74) is 3.93. The molecule has 0 bridgehead atoms.